The number of para-hydroxylation sites is 1. The first kappa shape index (κ1) is 21.6. The molecular weight excluding hydrogens is 396 g/mol. The molecule has 2 N–H and O–H groups in total. The van der Waals surface area contributed by atoms with E-state index in [-0.39, 0.29) is 22.5 Å². The van der Waals surface area contributed by atoms with E-state index in [1.54, 1.807) is 48.5 Å². The van der Waals surface area contributed by atoms with Crippen molar-refractivity contribution < 1.29 is 13.2 Å². The minimum absolute atomic E-state index is 0.0560. The predicted octanol–water partition coefficient (Wildman–Crippen LogP) is 4.55. The number of anilines is 1. The zero-order valence-corrected chi connectivity index (χ0v) is 17.9. The number of benzene rings is 3. The summed E-state index contributed by atoms with van der Waals surface area (Å²) in [5.41, 5.74) is 2.73. The van der Waals surface area contributed by atoms with E-state index >= 15 is 0 Å². The molecule has 156 valence electrons. The predicted molar refractivity (Wildman–Crippen MR) is 120 cm³/mol. The Morgan fingerprint density at radius 2 is 1.53 bits per heavy atom. The highest BCUT2D eigenvalue weighted by molar-refractivity contribution is 7.92. The molecule has 5 nitrogen and oxygen atoms in total. The van der Waals surface area contributed by atoms with Crippen LogP contribution in [0.2, 0.25) is 0 Å². The molecule has 1 amide bonds. The summed E-state index contributed by atoms with van der Waals surface area (Å²) in [6, 6.07) is 23.2. The zero-order chi connectivity index (χ0) is 21.6. The van der Waals surface area contributed by atoms with Crippen LogP contribution >= 0.6 is 0 Å². The van der Waals surface area contributed by atoms with Gasteiger partial charge in [-0.25, -0.2) is 8.42 Å². The minimum Gasteiger partial charge on any atom is -0.350 e. The maximum Gasteiger partial charge on any atom is 0.261 e. The molecule has 0 radical (unpaired) electrons. The maximum atomic E-state index is 12.8. The molecule has 3 rings (SSSR count). The van der Waals surface area contributed by atoms with E-state index in [0.29, 0.717) is 5.56 Å². The van der Waals surface area contributed by atoms with Crippen LogP contribution in [-0.4, -0.2) is 20.4 Å². The van der Waals surface area contributed by atoms with Gasteiger partial charge in [0, 0.05) is 6.04 Å². The molecule has 0 fully saturated rings. The third-order valence-corrected chi connectivity index (χ3v) is 6.22. The smallest absolute Gasteiger partial charge is 0.261 e. The van der Waals surface area contributed by atoms with Crippen molar-refractivity contribution in [3.63, 3.8) is 0 Å². The molecule has 1 atom stereocenters. The van der Waals surface area contributed by atoms with Gasteiger partial charge in [0.2, 0.25) is 0 Å². The van der Waals surface area contributed by atoms with Crippen molar-refractivity contribution in [3.05, 3.63) is 95.6 Å². The summed E-state index contributed by atoms with van der Waals surface area (Å²) >= 11 is 0. The van der Waals surface area contributed by atoms with Gasteiger partial charge in [-0.3, -0.25) is 9.52 Å². The van der Waals surface area contributed by atoms with Crippen LogP contribution in [0.5, 0.6) is 0 Å². The lowest BCUT2D eigenvalue weighted by Crippen LogP contribution is -2.33. The highest BCUT2D eigenvalue weighted by Gasteiger charge is 2.19. The molecule has 0 saturated carbocycles. The van der Waals surface area contributed by atoms with Gasteiger partial charge in [0.1, 0.15) is 0 Å². The molecule has 0 saturated heterocycles. The number of sulfonamides is 1. The van der Waals surface area contributed by atoms with Gasteiger partial charge < -0.3 is 5.32 Å². The van der Waals surface area contributed by atoms with Crippen molar-refractivity contribution >= 4 is 21.6 Å². The largest absolute Gasteiger partial charge is 0.350 e. The van der Waals surface area contributed by atoms with Crippen molar-refractivity contribution in [2.75, 3.05) is 4.72 Å². The second-order valence-electron chi connectivity index (χ2n) is 7.36. The number of hydrogen-bond acceptors (Lipinski definition) is 3. The van der Waals surface area contributed by atoms with Gasteiger partial charge >= 0.3 is 0 Å². The summed E-state index contributed by atoms with van der Waals surface area (Å²) in [4.78, 5) is 13.0. The van der Waals surface area contributed by atoms with Gasteiger partial charge in [0.25, 0.3) is 15.9 Å². The fourth-order valence-corrected chi connectivity index (χ4v) is 4.17. The fraction of sp³-hybridized carbons (Fsp3) is 0.208. The van der Waals surface area contributed by atoms with E-state index in [4.69, 9.17) is 0 Å². The quantitative estimate of drug-likeness (QED) is 0.559. The average Bonchev–Trinajstić information content (AvgIpc) is 2.73. The summed E-state index contributed by atoms with van der Waals surface area (Å²) in [6.07, 6.45) is 1.64. The fourth-order valence-electron chi connectivity index (χ4n) is 3.09. The van der Waals surface area contributed by atoms with Gasteiger partial charge in [-0.05, 0) is 56.5 Å². The third-order valence-electron chi connectivity index (χ3n) is 4.83. The van der Waals surface area contributed by atoms with Crippen molar-refractivity contribution in [1.82, 2.24) is 5.32 Å². The highest BCUT2D eigenvalue weighted by Crippen LogP contribution is 2.21. The first-order valence-electron chi connectivity index (χ1n) is 9.88. The Bertz CT molecular complexity index is 1090. The molecule has 0 aromatic heterocycles. The van der Waals surface area contributed by atoms with Gasteiger partial charge in [-0.2, -0.15) is 0 Å². The average molecular weight is 423 g/mol. The lowest BCUT2D eigenvalue weighted by molar-refractivity contribution is 0.0939. The molecule has 3 aromatic rings. The molecule has 0 unspecified atom stereocenters. The number of carbonyl (C=O) groups is 1. The van der Waals surface area contributed by atoms with Crippen molar-refractivity contribution in [1.29, 1.82) is 0 Å². The summed E-state index contributed by atoms with van der Waals surface area (Å²) in [5, 5.41) is 2.97. The Hall–Kier alpha value is -3.12. The van der Waals surface area contributed by atoms with E-state index < -0.39 is 10.0 Å². The van der Waals surface area contributed by atoms with Crippen molar-refractivity contribution in [3.8, 4) is 0 Å². The monoisotopic (exact) mass is 422 g/mol. The van der Waals surface area contributed by atoms with Crippen LogP contribution in [0.3, 0.4) is 0 Å². The number of amides is 1. The molecule has 6 heteroatoms. The molecule has 0 heterocycles. The van der Waals surface area contributed by atoms with E-state index in [0.717, 1.165) is 18.4 Å². The van der Waals surface area contributed by atoms with Gasteiger partial charge in [-0.1, -0.05) is 60.2 Å². The Balaban J connectivity index is 1.69. The van der Waals surface area contributed by atoms with Gasteiger partial charge in [-0.15, -0.1) is 0 Å². The SMILES string of the molecule is Cc1ccc(S(=O)(=O)Nc2ccccc2C(=O)N[C@@H](C)CCc2ccccc2)cc1. The van der Waals surface area contributed by atoms with Crippen molar-refractivity contribution in [2.45, 2.75) is 37.6 Å². The van der Waals surface area contributed by atoms with E-state index in [2.05, 4.69) is 22.2 Å². The van der Waals surface area contributed by atoms with E-state index in [9.17, 15) is 13.2 Å². The van der Waals surface area contributed by atoms with Crippen molar-refractivity contribution in [2.24, 2.45) is 0 Å². The molecule has 0 bridgehead atoms. The second-order valence-corrected chi connectivity index (χ2v) is 9.05. The Kier molecular flexibility index (Phi) is 6.90. The van der Waals surface area contributed by atoms with Crippen LogP contribution < -0.4 is 10.0 Å². The molecule has 0 aliphatic carbocycles. The van der Waals surface area contributed by atoms with Gasteiger partial charge in [0.15, 0.2) is 0 Å². The van der Waals surface area contributed by atoms with Crippen LogP contribution in [0.25, 0.3) is 0 Å². The normalized spacial score (nSPS) is 12.2. The van der Waals surface area contributed by atoms with Crippen LogP contribution in [0.1, 0.15) is 34.8 Å². The van der Waals surface area contributed by atoms with Crippen LogP contribution in [-0.2, 0) is 16.4 Å². The molecule has 3 aromatic carbocycles. The third kappa shape index (κ3) is 5.70. The highest BCUT2D eigenvalue weighted by atomic mass is 32.2. The summed E-state index contributed by atoms with van der Waals surface area (Å²) in [6.45, 7) is 3.84. The maximum absolute atomic E-state index is 12.8. The lowest BCUT2D eigenvalue weighted by atomic mass is 10.1. The summed E-state index contributed by atoms with van der Waals surface area (Å²) < 4.78 is 28.0. The van der Waals surface area contributed by atoms with Crippen LogP contribution in [0, 0.1) is 6.92 Å². The number of rotatable bonds is 8. The molecule has 30 heavy (non-hydrogen) atoms. The number of nitrogens with one attached hydrogen (secondary N) is 2. The minimum atomic E-state index is -3.79. The molecule has 0 aliphatic heterocycles. The Morgan fingerprint density at radius 1 is 0.900 bits per heavy atom. The van der Waals surface area contributed by atoms with E-state index in [1.165, 1.54) is 5.56 Å². The number of aryl methyl sites for hydroxylation is 2. The number of carbonyl (C=O) groups excluding carboxylic acids is 1. The van der Waals surface area contributed by atoms with Crippen LogP contribution in [0.15, 0.2) is 83.8 Å². The molecular formula is C24H26N2O3S. The first-order valence-corrected chi connectivity index (χ1v) is 11.4. The zero-order valence-electron chi connectivity index (χ0n) is 17.1. The summed E-state index contributed by atoms with van der Waals surface area (Å²) in [7, 11) is -3.79. The standard InChI is InChI=1S/C24H26N2O3S/c1-18-12-16-21(17-13-18)30(28,29)26-23-11-7-6-10-22(23)24(27)25-19(2)14-15-20-8-4-3-5-9-20/h3-13,16-17,19,26H,14-15H2,1-2H3,(H,25,27)/t19-/m0/s1. The molecule has 0 aliphatic rings. The van der Waals surface area contributed by atoms with Crippen LogP contribution in [0.4, 0.5) is 5.69 Å². The Morgan fingerprint density at radius 3 is 2.23 bits per heavy atom. The topological polar surface area (TPSA) is 75.3 Å². The van der Waals surface area contributed by atoms with Gasteiger partial charge in [0.05, 0.1) is 16.1 Å². The lowest BCUT2D eigenvalue weighted by Gasteiger charge is -2.16. The van der Waals surface area contributed by atoms with E-state index in [1.807, 2.05) is 32.0 Å². The summed E-state index contributed by atoms with van der Waals surface area (Å²) in [5.74, 6) is -0.308. The molecule has 0 spiro atoms. The Labute approximate surface area is 178 Å². The number of hydrogen-bond donors (Lipinski definition) is 2. The second kappa shape index (κ2) is 9.59. The first-order chi connectivity index (χ1) is 14.3.